The van der Waals surface area contributed by atoms with Crippen molar-refractivity contribution in [3.8, 4) is 5.75 Å². The van der Waals surface area contributed by atoms with Crippen LogP contribution in [-0.2, 0) is 11.2 Å². The molecule has 1 saturated carbocycles. The van der Waals surface area contributed by atoms with Gasteiger partial charge in [0.15, 0.2) is 0 Å². The van der Waals surface area contributed by atoms with Gasteiger partial charge in [0.25, 0.3) is 0 Å². The van der Waals surface area contributed by atoms with Crippen molar-refractivity contribution in [2.45, 2.75) is 50.9 Å². The number of hydrogen-bond acceptors (Lipinski definition) is 3. The molecule has 1 amide bonds. The van der Waals surface area contributed by atoms with Crippen molar-refractivity contribution in [2.24, 2.45) is 11.7 Å². The molecule has 2 rings (SSSR count). The number of halogens is 4. The Labute approximate surface area is 151 Å². The SMILES string of the molecule is Cl.NCC1CCCCC1NC(=O)CCc1ccccc1OC(F)(F)F. The molecule has 4 nitrogen and oxygen atoms in total. The molecule has 0 aromatic heterocycles. The van der Waals surface area contributed by atoms with Crippen molar-refractivity contribution < 1.29 is 22.7 Å². The van der Waals surface area contributed by atoms with Crippen LogP contribution in [0.2, 0.25) is 0 Å². The summed E-state index contributed by atoms with van der Waals surface area (Å²) in [4.78, 5) is 12.1. The summed E-state index contributed by atoms with van der Waals surface area (Å²) in [6.45, 7) is 0.535. The summed E-state index contributed by atoms with van der Waals surface area (Å²) in [7, 11) is 0. The summed E-state index contributed by atoms with van der Waals surface area (Å²) in [5.41, 5.74) is 6.10. The van der Waals surface area contributed by atoms with E-state index in [1.54, 1.807) is 6.07 Å². The predicted octanol–water partition coefficient (Wildman–Crippen LogP) is 3.57. The Morgan fingerprint density at radius 2 is 1.92 bits per heavy atom. The lowest BCUT2D eigenvalue weighted by molar-refractivity contribution is -0.274. The first kappa shape index (κ1) is 21.6. The molecule has 0 spiro atoms. The summed E-state index contributed by atoms with van der Waals surface area (Å²) in [6.07, 6.45) is -0.343. The molecule has 0 aliphatic heterocycles. The number of rotatable bonds is 6. The van der Waals surface area contributed by atoms with Crippen LogP contribution in [0.5, 0.6) is 5.75 Å². The molecule has 2 unspecified atom stereocenters. The van der Waals surface area contributed by atoms with Crippen molar-refractivity contribution in [3.63, 3.8) is 0 Å². The third kappa shape index (κ3) is 7.12. The fourth-order valence-electron chi connectivity index (χ4n) is 3.14. The Bertz CT molecular complexity index is 555. The van der Waals surface area contributed by atoms with Gasteiger partial charge < -0.3 is 15.8 Å². The van der Waals surface area contributed by atoms with Crippen molar-refractivity contribution in [1.82, 2.24) is 5.32 Å². The highest BCUT2D eigenvalue weighted by Crippen LogP contribution is 2.27. The highest BCUT2D eigenvalue weighted by molar-refractivity contribution is 5.85. The number of ether oxygens (including phenoxy) is 1. The number of alkyl halides is 3. The van der Waals surface area contributed by atoms with Gasteiger partial charge in [-0.15, -0.1) is 25.6 Å². The van der Waals surface area contributed by atoms with Crippen LogP contribution in [-0.4, -0.2) is 24.9 Å². The molecule has 1 aromatic carbocycles. The van der Waals surface area contributed by atoms with Gasteiger partial charge in [-0.1, -0.05) is 31.0 Å². The molecule has 1 fully saturated rings. The number of para-hydroxylation sites is 1. The summed E-state index contributed by atoms with van der Waals surface area (Å²) in [6, 6.07) is 5.96. The van der Waals surface area contributed by atoms with Crippen LogP contribution in [0.4, 0.5) is 13.2 Å². The number of nitrogens with two attached hydrogens (primary N) is 1. The fraction of sp³-hybridized carbons (Fsp3) is 0.588. The Kier molecular flexibility index (Phi) is 8.52. The number of amides is 1. The van der Waals surface area contributed by atoms with Gasteiger partial charge in [-0.25, -0.2) is 0 Å². The maximum Gasteiger partial charge on any atom is 0.573 e. The zero-order valence-electron chi connectivity index (χ0n) is 13.8. The lowest BCUT2D eigenvalue weighted by atomic mass is 9.84. The number of benzene rings is 1. The van der Waals surface area contributed by atoms with Crippen LogP contribution in [0.3, 0.4) is 0 Å². The fourth-order valence-corrected chi connectivity index (χ4v) is 3.14. The summed E-state index contributed by atoms with van der Waals surface area (Å²) in [5, 5.41) is 2.98. The number of carbonyl (C=O) groups is 1. The van der Waals surface area contributed by atoms with Crippen molar-refractivity contribution in [3.05, 3.63) is 29.8 Å². The van der Waals surface area contributed by atoms with Crippen LogP contribution in [0, 0.1) is 5.92 Å². The first-order valence-electron chi connectivity index (χ1n) is 8.22. The minimum atomic E-state index is -4.74. The molecule has 8 heteroatoms. The molecule has 25 heavy (non-hydrogen) atoms. The van der Waals surface area contributed by atoms with E-state index in [4.69, 9.17) is 5.73 Å². The zero-order valence-corrected chi connectivity index (χ0v) is 14.7. The summed E-state index contributed by atoms with van der Waals surface area (Å²) >= 11 is 0. The highest BCUT2D eigenvalue weighted by atomic mass is 35.5. The van der Waals surface area contributed by atoms with E-state index in [-0.39, 0.29) is 48.9 Å². The largest absolute Gasteiger partial charge is 0.573 e. The smallest absolute Gasteiger partial charge is 0.406 e. The maximum absolute atomic E-state index is 12.4. The predicted molar refractivity (Wildman–Crippen MR) is 91.6 cm³/mol. The second-order valence-corrected chi connectivity index (χ2v) is 6.11. The molecule has 0 saturated heterocycles. The van der Waals surface area contributed by atoms with Crippen molar-refractivity contribution >= 4 is 18.3 Å². The van der Waals surface area contributed by atoms with Crippen LogP contribution in [0.15, 0.2) is 24.3 Å². The van der Waals surface area contributed by atoms with Crippen molar-refractivity contribution in [1.29, 1.82) is 0 Å². The van der Waals surface area contributed by atoms with Gasteiger partial charge in [-0.3, -0.25) is 4.79 Å². The van der Waals surface area contributed by atoms with E-state index in [2.05, 4.69) is 10.1 Å². The average molecular weight is 381 g/mol. The Morgan fingerprint density at radius 3 is 2.60 bits per heavy atom. The molecule has 3 N–H and O–H groups in total. The van der Waals surface area contributed by atoms with Gasteiger partial charge in [0.2, 0.25) is 5.91 Å². The minimum absolute atomic E-state index is 0. The maximum atomic E-state index is 12.4. The number of carbonyl (C=O) groups excluding carboxylic acids is 1. The topological polar surface area (TPSA) is 64.3 Å². The van der Waals surface area contributed by atoms with Gasteiger partial charge in [-0.2, -0.15) is 0 Å². The quantitative estimate of drug-likeness (QED) is 0.793. The third-order valence-corrected chi connectivity index (χ3v) is 4.38. The second-order valence-electron chi connectivity index (χ2n) is 6.11. The highest BCUT2D eigenvalue weighted by Gasteiger charge is 2.32. The number of nitrogens with one attached hydrogen (secondary N) is 1. The molecule has 0 radical (unpaired) electrons. The normalized spacial score (nSPS) is 20.5. The van der Waals surface area contributed by atoms with Gasteiger partial charge in [-0.05, 0) is 43.4 Å². The molecule has 0 heterocycles. The number of aryl methyl sites for hydroxylation is 1. The molecule has 1 aliphatic rings. The molecule has 1 aliphatic carbocycles. The second kappa shape index (κ2) is 9.87. The van der Waals surface area contributed by atoms with E-state index in [0.29, 0.717) is 12.1 Å². The van der Waals surface area contributed by atoms with E-state index >= 15 is 0 Å². The lowest BCUT2D eigenvalue weighted by Gasteiger charge is -2.31. The van der Waals surface area contributed by atoms with Crippen LogP contribution < -0.4 is 15.8 Å². The van der Waals surface area contributed by atoms with Crippen LogP contribution in [0.25, 0.3) is 0 Å². The average Bonchev–Trinajstić information content (AvgIpc) is 2.53. The Morgan fingerprint density at radius 1 is 1.24 bits per heavy atom. The first-order chi connectivity index (χ1) is 11.4. The lowest BCUT2D eigenvalue weighted by Crippen LogP contribution is -2.44. The first-order valence-corrected chi connectivity index (χ1v) is 8.22. The summed E-state index contributed by atoms with van der Waals surface area (Å²) in [5.74, 6) is -0.138. The molecular formula is C17H24ClF3N2O2. The van der Waals surface area contributed by atoms with Gasteiger partial charge in [0, 0.05) is 12.5 Å². The molecule has 142 valence electrons. The molecule has 2 atom stereocenters. The van der Waals surface area contributed by atoms with E-state index in [1.165, 1.54) is 18.2 Å². The van der Waals surface area contributed by atoms with E-state index in [9.17, 15) is 18.0 Å². The van der Waals surface area contributed by atoms with E-state index in [0.717, 1.165) is 25.7 Å². The zero-order chi connectivity index (χ0) is 17.6. The van der Waals surface area contributed by atoms with Gasteiger partial charge in [0.05, 0.1) is 0 Å². The summed E-state index contributed by atoms with van der Waals surface area (Å²) < 4.78 is 41.2. The Hall–Kier alpha value is -1.47. The van der Waals surface area contributed by atoms with E-state index < -0.39 is 6.36 Å². The van der Waals surface area contributed by atoms with Crippen molar-refractivity contribution in [2.75, 3.05) is 6.54 Å². The standard InChI is InChI=1S/C17H23F3N2O2.ClH/c18-17(19,20)24-15-8-4-2-5-12(15)9-10-16(23)22-14-7-3-1-6-13(14)11-21;/h2,4-5,8,13-14H,1,3,6-7,9-11,21H2,(H,22,23);1H. The number of hydrogen-bond donors (Lipinski definition) is 2. The monoisotopic (exact) mass is 380 g/mol. The van der Waals surface area contributed by atoms with E-state index in [1.807, 2.05) is 0 Å². The van der Waals surface area contributed by atoms with Gasteiger partial charge >= 0.3 is 6.36 Å². The molecule has 0 bridgehead atoms. The molecule has 1 aromatic rings. The Balaban J connectivity index is 0.00000312. The minimum Gasteiger partial charge on any atom is -0.406 e. The molecular weight excluding hydrogens is 357 g/mol. The third-order valence-electron chi connectivity index (χ3n) is 4.38. The van der Waals surface area contributed by atoms with Crippen LogP contribution >= 0.6 is 12.4 Å². The van der Waals surface area contributed by atoms with Gasteiger partial charge in [0.1, 0.15) is 5.75 Å². The van der Waals surface area contributed by atoms with Crippen LogP contribution in [0.1, 0.15) is 37.7 Å².